The van der Waals surface area contributed by atoms with Crippen LogP contribution in [-0.4, -0.2) is 6.16 Å². The smallest absolute Gasteiger partial charge is 0.0350 e. The summed E-state index contributed by atoms with van der Waals surface area (Å²) < 4.78 is 0. The van der Waals surface area contributed by atoms with Crippen LogP contribution in [0.2, 0.25) is 0 Å². The van der Waals surface area contributed by atoms with Crippen LogP contribution in [0.15, 0.2) is 0 Å². The first-order chi connectivity index (χ1) is 10.1. The molecule has 2 atom stereocenters. The summed E-state index contributed by atoms with van der Waals surface area (Å²) >= 11 is 0. The van der Waals surface area contributed by atoms with Crippen molar-refractivity contribution in [1.29, 1.82) is 0 Å². The van der Waals surface area contributed by atoms with E-state index in [-0.39, 0.29) is 0 Å². The molecular weight excluding hydrogens is 271 g/mol. The highest BCUT2D eigenvalue weighted by molar-refractivity contribution is 7.16. The van der Waals surface area contributed by atoms with E-state index in [0.717, 1.165) is 35.5 Å². The molecule has 0 radical (unpaired) electrons. The molecule has 2 aliphatic carbocycles. The van der Waals surface area contributed by atoms with Crippen molar-refractivity contribution in [2.24, 2.45) is 35.5 Å². The Labute approximate surface area is 136 Å². The molecule has 2 rings (SSSR count). The summed E-state index contributed by atoms with van der Waals surface area (Å²) in [5, 5.41) is 0. The van der Waals surface area contributed by atoms with Crippen molar-refractivity contribution in [3.8, 4) is 0 Å². The fourth-order valence-corrected chi connectivity index (χ4v) is 5.56. The van der Waals surface area contributed by atoms with Gasteiger partial charge in [-0.1, -0.05) is 40.0 Å². The third-order valence-corrected chi connectivity index (χ3v) is 7.23. The van der Waals surface area contributed by atoms with E-state index >= 15 is 0 Å². The number of rotatable bonds is 6. The molecule has 0 aromatic carbocycles. The lowest BCUT2D eigenvalue weighted by Crippen LogP contribution is -2.28. The van der Waals surface area contributed by atoms with E-state index in [4.69, 9.17) is 0 Å². The van der Waals surface area contributed by atoms with Crippen LogP contribution in [0.1, 0.15) is 85.0 Å². The zero-order valence-electron chi connectivity index (χ0n) is 14.8. The van der Waals surface area contributed by atoms with E-state index in [1.807, 2.05) is 0 Å². The molecule has 21 heavy (non-hydrogen) atoms. The normalized spacial score (nSPS) is 35.9. The molecule has 0 amide bonds. The maximum Gasteiger partial charge on any atom is -0.0350 e. The molecular formula is C20H39P. The molecule has 0 heterocycles. The first-order valence-corrected chi connectivity index (χ1v) is 10.6. The van der Waals surface area contributed by atoms with E-state index in [1.165, 1.54) is 57.5 Å². The number of hydrogen-bond donors (Lipinski definition) is 0. The molecule has 2 saturated carbocycles. The molecule has 1 heteroatoms. The van der Waals surface area contributed by atoms with Gasteiger partial charge in [0, 0.05) is 0 Å². The van der Waals surface area contributed by atoms with Crippen LogP contribution < -0.4 is 0 Å². The largest absolute Gasteiger partial charge is 0.137 e. The Kier molecular flexibility index (Phi) is 7.54. The molecule has 2 aliphatic rings. The molecule has 0 aromatic heterocycles. The topological polar surface area (TPSA) is 0 Å². The summed E-state index contributed by atoms with van der Waals surface area (Å²) in [4.78, 5) is 0. The van der Waals surface area contributed by atoms with Crippen molar-refractivity contribution in [3.05, 3.63) is 0 Å². The first-order valence-electron chi connectivity index (χ1n) is 9.80. The van der Waals surface area contributed by atoms with Crippen LogP contribution in [0.25, 0.3) is 0 Å². The summed E-state index contributed by atoms with van der Waals surface area (Å²) in [7, 11) is 3.04. The van der Waals surface area contributed by atoms with Gasteiger partial charge < -0.3 is 0 Å². The molecule has 0 nitrogen and oxygen atoms in total. The van der Waals surface area contributed by atoms with E-state index in [1.54, 1.807) is 12.8 Å². The lowest BCUT2D eigenvalue weighted by molar-refractivity contribution is 0.129. The zero-order chi connectivity index (χ0) is 15.2. The van der Waals surface area contributed by atoms with Crippen LogP contribution in [0.3, 0.4) is 0 Å². The third kappa shape index (κ3) is 5.53. The minimum absolute atomic E-state index is 0.879. The van der Waals surface area contributed by atoms with E-state index < -0.39 is 0 Å². The Morgan fingerprint density at radius 2 is 1.33 bits per heavy atom. The van der Waals surface area contributed by atoms with Gasteiger partial charge in [0.2, 0.25) is 0 Å². The summed E-state index contributed by atoms with van der Waals surface area (Å²) in [6.07, 6.45) is 16.5. The van der Waals surface area contributed by atoms with Crippen molar-refractivity contribution in [3.63, 3.8) is 0 Å². The zero-order valence-corrected chi connectivity index (χ0v) is 16.0. The Morgan fingerprint density at radius 1 is 0.810 bits per heavy atom. The fourth-order valence-electron chi connectivity index (χ4n) is 4.94. The maximum atomic E-state index is 3.04. The van der Waals surface area contributed by atoms with E-state index in [9.17, 15) is 0 Å². The van der Waals surface area contributed by atoms with Gasteiger partial charge in [-0.15, -0.1) is 9.24 Å². The van der Waals surface area contributed by atoms with Crippen LogP contribution in [-0.2, 0) is 0 Å². The highest BCUT2D eigenvalue weighted by Crippen LogP contribution is 2.43. The Morgan fingerprint density at radius 3 is 1.81 bits per heavy atom. The minimum Gasteiger partial charge on any atom is -0.137 e. The standard InChI is InChI=1S/C20H39P/c1-15(2)4-7-20(14-21)19-12-10-18(11-13-19)17-8-5-16(3)6-9-17/h15-20H,4-14,21H2,1-3H3. The Balaban J connectivity index is 1.74. The van der Waals surface area contributed by atoms with Crippen molar-refractivity contribution in [1.82, 2.24) is 0 Å². The lowest BCUT2D eigenvalue weighted by atomic mass is 9.67. The first kappa shape index (κ1) is 17.8. The number of hydrogen-bond acceptors (Lipinski definition) is 0. The van der Waals surface area contributed by atoms with Gasteiger partial charge in [-0.05, 0) is 86.6 Å². The summed E-state index contributed by atoms with van der Waals surface area (Å²) in [5.41, 5.74) is 0. The van der Waals surface area contributed by atoms with Gasteiger partial charge in [0.1, 0.15) is 0 Å². The quantitative estimate of drug-likeness (QED) is 0.488. The van der Waals surface area contributed by atoms with Crippen LogP contribution in [0, 0.1) is 35.5 Å². The highest BCUT2D eigenvalue weighted by atomic mass is 31.0. The van der Waals surface area contributed by atoms with Gasteiger partial charge >= 0.3 is 0 Å². The fraction of sp³-hybridized carbons (Fsp3) is 1.00. The molecule has 124 valence electrons. The van der Waals surface area contributed by atoms with Crippen molar-refractivity contribution in [2.45, 2.75) is 85.0 Å². The predicted octanol–water partition coefficient (Wildman–Crippen LogP) is 6.55. The van der Waals surface area contributed by atoms with Gasteiger partial charge in [-0.3, -0.25) is 0 Å². The Hall–Kier alpha value is 0.430. The average Bonchev–Trinajstić information content (AvgIpc) is 2.49. The van der Waals surface area contributed by atoms with Gasteiger partial charge in [-0.2, -0.15) is 0 Å². The second-order valence-corrected chi connectivity index (χ2v) is 9.13. The molecule has 0 saturated heterocycles. The molecule has 0 bridgehead atoms. The van der Waals surface area contributed by atoms with E-state index in [2.05, 4.69) is 30.0 Å². The molecule has 2 unspecified atom stereocenters. The van der Waals surface area contributed by atoms with Crippen LogP contribution in [0.5, 0.6) is 0 Å². The molecule has 0 N–H and O–H groups in total. The summed E-state index contributed by atoms with van der Waals surface area (Å²) in [6.45, 7) is 7.20. The molecule has 0 aliphatic heterocycles. The summed E-state index contributed by atoms with van der Waals surface area (Å²) in [5.74, 6) is 6.10. The SMILES string of the molecule is CC(C)CCC(CP)C1CCC(C2CCC(C)CC2)CC1. The monoisotopic (exact) mass is 310 g/mol. The van der Waals surface area contributed by atoms with Gasteiger partial charge in [0.15, 0.2) is 0 Å². The van der Waals surface area contributed by atoms with Gasteiger partial charge in [-0.25, -0.2) is 0 Å². The maximum absolute atomic E-state index is 3.04. The average molecular weight is 311 g/mol. The van der Waals surface area contributed by atoms with Crippen molar-refractivity contribution >= 4 is 9.24 Å². The van der Waals surface area contributed by atoms with Crippen LogP contribution >= 0.6 is 9.24 Å². The highest BCUT2D eigenvalue weighted by Gasteiger charge is 2.32. The minimum atomic E-state index is 0.879. The second-order valence-electron chi connectivity index (χ2n) is 8.66. The third-order valence-electron chi connectivity index (χ3n) is 6.63. The van der Waals surface area contributed by atoms with Gasteiger partial charge in [0.05, 0.1) is 0 Å². The van der Waals surface area contributed by atoms with Crippen LogP contribution in [0.4, 0.5) is 0 Å². The summed E-state index contributed by atoms with van der Waals surface area (Å²) in [6, 6.07) is 0. The molecule has 2 fully saturated rings. The molecule has 0 aromatic rings. The van der Waals surface area contributed by atoms with Crippen molar-refractivity contribution < 1.29 is 0 Å². The molecule has 0 spiro atoms. The predicted molar refractivity (Wildman–Crippen MR) is 98.7 cm³/mol. The Bertz CT molecular complexity index is 270. The van der Waals surface area contributed by atoms with E-state index in [0.29, 0.717) is 0 Å². The lowest BCUT2D eigenvalue weighted by Gasteiger charge is -2.39. The van der Waals surface area contributed by atoms with Gasteiger partial charge in [0.25, 0.3) is 0 Å². The van der Waals surface area contributed by atoms with Crippen molar-refractivity contribution in [2.75, 3.05) is 6.16 Å². The second kappa shape index (κ2) is 8.90.